The lowest BCUT2D eigenvalue weighted by atomic mass is 9.97. The topological polar surface area (TPSA) is 86.7 Å². The average Bonchev–Trinajstić information content (AvgIpc) is 3.36. The van der Waals surface area contributed by atoms with Gasteiger partial charge in [-0.15, -0.1) is 0 Å². The van der Waals surface area contributed by atoms with Crippen molar-refractivity contribution >= 4 is 17.6 Å². The van der Waals surface area contributed by atoms with E-state index >= 15 is 0 Å². The third-order valence-electron chi connectivity index (χ3n) is 6.73. The van der Waals surface area contributed by atoms with Gasteiger partial charge in [-0.25, -0.2) is 14.2 Å². The van der Waals surface area contributed by atoms with Gasteiger partial charge in [0.05, 0.1) is 32.1 Å². The minimum Gasteiger partial charge on any atom is -0.496 e. The van der Waals surface area contributed by atoms with Crippen molar-refractivity contribution in [2.75, 3.05) is 53.0 Å². The zero-order chi connectivity index (χ0) is 28.0. The first-order chi connectivity index (χ1) is 18.7. The van der Waals surface area contributed by atoms with Crippen LogP contribution in [0, 0.1) is 5.82 Å². The van der Waals surface area contributed by atoms with Crippen molar-refractivity contribution in [2.45, 2.75) is 38.8 Å². The van der Waals surface area contributed by atoms with Gasteiger partial charge in [0.2, 0.25) is 0 Å². The van der Waals surface area contributed by atoms with Gasteiger partial charge in [0, 0.05) is 49.3 Å². The lowest BCUT2D eigenvalue weighted by molar-refractivity contribution is -0.133. The molecule has 0 bridgehead atoms. The van der Waals surface area contributed by atoms with E-state index in [4.69, 9.17) is 9.47 Å². The molecule has 9 nitrogen and oxygen atoms in total. The molecule has 2 aromatic carbocycles. The first kappa shape index (κ1) is 28.5. The van der Waals surface area contributed by atoms with E-state index in [2.05, 4.69) is 15.3 Å². The number of carbonyl (C=O) groups excluding carboxylic acids is 2. The lowest BCUT2D eigenvalue weighted by Crippen LogP contribution is -2.53. The molecule has 1 saturated heterocycles. The van der Waals surface area contributed by atoms with Crippen LogP contribution in [0.2, 0.25) is 0 Å². The summed E-state index contributed by atoms with van der Waals surface area (Å²) in [4.78, 5) is 30.9. The summed E-state index contributed by atoms with van der Waals surface area (Å²) in [5.41, 5.74) is 1.11. The predicted molar refractivity (Wildman–Crippen MR) is 147 cm³/mol. The molecule has 2 aliphatic rings. The Kier molecular flexibility index (Phi) is 9.19. The minimum atomic E-state index is -0.505. The van der Waals surface area contributed by atoms with Crippen molar-refractivity contribution in [3.63, 3.8) is 0 Å². The monoisotopic (exact) mass is 539 g/mol. The molecule has 1 N–H and O–H groups in total. The van der Waals surface area contributed by atoms with Gasteiger partial charge in [-0.05, 0) is 32.9 Å². The summed E-state index contributed by atoms with van der Waals surface area (Å²) in [6.45, 7) is 9.36. The fourth-order valence-electron chi connectivity index (χ4n) is 4.76. The number of morpholine rings is 1. The summed E-state index contributed by atoms with van der Waals surface area (Å²) in [5.74, 6) is -0.149. The molecule has 0 spiro atoms. The van der Waals surface area contributed by atoms with Gasteiger partial charge >= 0.3 is 6.03 Å². The summed E-state index contributed by atoms with van der Waals surface area (Å²) in [7, 11) is 1.57. The van der Waals surface area contributed by atoms with Crippen LogP contribution in [0.1, 0.15) is 44.4 Å². The number of hydrogen-bond acceptors (Lipinski definition) is 6. The van der Waals surface area contributed by atoms with E-state index in [9.17, 15) is 14.0 Å². The van der Waals surface area contributed by atoms with Gasteiger partial charge in [0.15, 0.2) is 0 Å². The second-order valence-electron chi connectivity index (χ2n) is 10.8. The molecule has 1 unspecified atom stereocenters. The van der Waals surface area contributed by atoms with E-state index in [1.807, 2.05) is 45.0 Å². The fraction of sp³-hybridized carbons (Fsp3) is 0.483. The van der Waals surface area contributed by atoms with Crippen molar-refractivity contribution in [3.05, 3.63) is 65.5 Å². The Balaban J connectivity index is 1.61. The summed E-state index contributed by atoms with van der Waals surface area (Å²) >= 11 is 0. The van der Waals surface area contributed by atoms with Gasteiger partial charge in [-0.3, -0.25) is 9.69 Å². The Morgan fingerprint density at radius 2 is 1.82 bits per heavy atom. The van der Waals surface area contributed by atoms with Gasteiger partial charge in [0.25, 0.3) is 5.91 Å². The molecule has 2 heterocycles. The quantitative estimate of drug-likeness (QED) is 0.554. The normalized spacial score (nSPS) is 18.0. The standard InChI is InChI=1S/C29H38FN5O4/c1-29(2,3)31-28(37)34(14-13-33-15-17-39-18-16-33)20-27(36)35-25(22-10-6-8-12-26(22)38-4)19-24(32-35)21-9-5-7-11-23(21)30/h5-12,25H,13-20H2,1-4H3,(H,31,37). The highest BCUT2D eigenvalue weighted by Crippen LogP contribution is 2.37. The van der Waals surface area contributed by atoms with E-state index in [0.717, 1.165) is 18.7 Å². The first-order valence-electron chi connectivity index (χ1n) is 13.3. The van der Waals surface area contributed by atoms with Crippen molar-refractivity contribution in [1.82, 2.24) is 20.1 Å². The Labute approximate surface area is 229 Å². The third kappa shape index (κ3) is 7.33. The predicted octanol–water partition coefficient (Wildman–Crippen LogP) is 3.65. The summed E-state index contributed by atoms with van der Waals surface area (Å²) in [6, 6.07) is 13.0. The highest BCUT2D eigenvalue weighted by molar-refractivity contribution is 6.03. The number of benzene rings is 2. The number of para-hydroxylation sites is 1. The molecular formula is C29H38FN5O4. The molecule has 0 saturated carbocycles. The van der Waals surface area contributed by atoms with Crippen molar-refractivity contribution in [1.29, 1.82) is 0 Å². The molecule has 4 rings (SSSR count). The highest BCUT2D eigenvalue weighted by atomic mass is 19.1. The second-order valence-corrected chi connectivity index (χ2v) is 10.8. The van der Waals surface area contributed by atoms with Crippen LogP contribution >= 0.6 is 0 Å². The number of ether oxygens (including phenoxy) is 2. The van der Waals surface area contributed by atoms with Crippen molar-refractivity contribution < 1.29 is 23.5 Å². The molecule has 1 atom stereocenters. The van der Waals surface area contributed by atoms with Crippen molar-refractivity contribution in [3.8, 4) is 5.75 Å². The second kappa shape index (κ2) is 12.6. The largest absolute Gasteiger partial charge is 0.496 e. The molecule has 210 valence electrons. The number of nitrogens with one attached hydrogen (secondary N) is 1. The molecule has 1 fully saturated rings. The van der Waals surface area contributed by atoms with Crippen LogP contribution in [-0.4, -0.2) is 91.0 Å². The van der Waals surface area contributed by atoms with E-state index < -0.39 is 17.4 Å². The molecule has 3 amide bonds. The van der Waals surface area contributed by atoms with Crippen LogP contribution in [0.3, 0.4) is 0 Å². The number of carbonyl (C=O) groups is 2. The number of amides is 3. The molecular weight excluding hydrogens is 501 g/mol. The molecule has 0 aliphatic carbocycles. The summed E-state index contributed by atoms with van der Waals surface area (Å²) in [5, 5.41) is 8.96. The number of halogens is 1. The van der Waals surface area contributed by atoms with Gasteiger partial charge in [0.1, 0.15) is 18.1 Å². The Morgan fingerprint density at radius 3 is 2.51 bits per heavy atom. The Hall–Kier alpha value is -3.50. The number of nitrogens with zero attached hydrogens (tertiary/aromatic N) is 4. The summed E-state index contributed by atoms with van der Waals surface area (Å²) in [6.07, 6.45) is 0.314. The summed E-state index contributed by atoms with van der Waals surface area (Å²) < 4.78 is 25.7. The zero-order valence-electron chi connectivity index (χ0n) is 23.2. The zero-order valence-corrected chi connectivity index (χ0v) is 23.2. The van der Waals surface area contributed by atoms with Gasteiger partial charge < -0.3 is 19.7 Å². The van der Waals surface area contributed by atoms with Crippen molar-refractivity contribution in [2.24, 2.45) is 5.10 Å². The maximum absolute atomic E-state index is 14.7. The van der Waals surface area contributed by atoms with Crippen LogP contribution in [0.15, 0.2) is 53.6 Å². The number of methoxy groups -OCH3 is 1. The highest BCUT2D eigenvalue weighted by Gasteiger charge is 2.36. The number of rotatable bonds is 8. The molecule has 2 aliphatic heterocycles. The molecule has 10 heteroatoms. The lowest BCUT2D eigenvalue weighted by Gasteiger charge is -2.33. The smallest absolute Gasteiger partial charge is 0.318 e. The molecule has 39 heavy (non-hydrogen) atoms. The van der Waals surface area contributed by atoms with E-state index in [1.54, 1.807) is 25.3 Å². The van der Waals surface area contributed by atoms with Crippen LogP contribution in [0.5, 0.6) is 5.75 Å². The number of hydrazone groups is 1. The molecule has 2 aromatic rings. The van der Waals surface area contributed by atoms with E-state index in [0.29, 0.717) is 49.7 Å². The molecule has 0 radical (unpaired) electrons. The third-order valence-corrected chi connectivity index (χ3v) is 6.73. The fourth-order valence-corrected chi connectivity index (χ4v) is 4.76. The number of hydrogen-bond donors (Lipinski definition) is 1. The number of urea groups is 1. The van der Waals surface area contributed by atoms with Gasteiger partial charge in [-0.1, -0.05) is 36.4 Å². The molecule has 0 aromatic heterocycles. The maximum atomic E-state index is 14.7. The van der Waals surface area contributed by atoms with Crippen LogP contribution < -0.4 is 10.1 Å². The van der Waals surface area contributed by atoms with E-state index in [-0.39, 0.29) is 18.5 Å². The van der Waals surface area contributed by atoms with Gasteiger partial charge in [-0.2, -0.15) is 5.10 Å². The van der Waals surface area contributed by atoms with Crippen LogP contribution in [-0.2, 0) is 9.53 Å². The SMILES string of the molecule is COc1ccccc1C1CC(c2ccccc2F)=NN1C(=O)CN(CCN1CCOCC1)C(=O)NC(C)(C)C. The minimum absolute atomic E-state index is 0.175. The Morgan fingerprint density at radius 1 is 1.13 bits per heavy atom. The Bertz CT molecular complexity index is 1190. The first-order valence-corrected chi connectivity index (χ1v) is 13.3. The van der Waals surface area contributed by atoms with Crippen LogP contribution in [0.25, 0.3) is 0 Å². The average molecular weight is 540 g/mol. The van der Waals surface area contributed by atoms with Crippen LogP contribution in [0.4, 0.5) is 9.18 Å². The van der Waals surface area contributed by atoms with E-state index in [1.165, 1.54) is 16.0 Å². The maximum Gasteiger partial charge on any atom is 0.318 e.